The third-order valence-electron chi connectivity index (χ3n) is 5.08. The van der Waals surface area contributed by atoms with E-state index in [9.17, 15) is 4.39 Å². The van der Waals surface area contributed by atoms with Gasteiger partial charge >= 0.3 is 0 Å². The van der Waals surface area contributed by atoms with Crippen molar-refractivity contribution in [2.24, 2.45) is 0 Å². The second kappa shape index (κ2) is 8.15. The van der Waals surface area contributed by atoms with Gasteiger partial charge in [-0.25, -0.2) is 4.39 Å². The van der Waals surface area contributed by atoms with Crippen molar-refractivity contribution in [1.82, 2.24) is 0 Å². The first-order valence-electron chi connectivity index (χ1n) is 9.40. The highest BCUT2D eigenvalue weighted by atomic mass is 32.1. The lowest BCUT2D eigenvalue weighted by Crippen LogP contribution is -2.36. The summed E-state index contributed by atoms with van der Waals surface area (Å²) in [6.45, 7) is 0.975. The number of ether oxygens (including phenoxy) is 2. The summed E-state index contributed by atoms with van der Waals surface area (Å²) in [7, 11) is 3.34. The Bertz CT molecular complexity index is 1010. The van der Waals surface area contributed by atoms with Crippen molar-refractivity contribution < 1.29 is 18.4 Å². The smallest absolute Gasteiger partial charge is 0.265 e. The van der Waals surface area contributed by atoms with Gasteiger partial charge < -0.3 is 9.47 Å². The zero-order valence-electron chi connectivity index (χ0n) is 16.1. The first kappa shape index (κ1) is 18.7. The molecule has 3 aromatic rings. The average Bonchev–Trinajstić information content (AvgIpc) is 3.04. The number of nitrogens with zero attached hydrogens (tertiary/aromatic N) is 1. The van der Waals surface area contributed by atoms with Gasteiger partial charge in [-0.15, -0.1) is 0 Å². The van der Waals surface area contributed by atoms with Gasteiger partial charge in [-0.2, -0.15) is 4.57 Å². The molecule has 0 fully saturated rings. The third kappa shape index (κ3) is 3.67. The molecular formula is C23H23FNO2S+. The molecule has 28 heavy (non-hydrogen) atoms. The Kier molecular flexibility index (Phi) is 5.44. The Morgan fingerprint density at radius 3 is 2.61 bits per heavy atom. The molecule has 2 aromatic carbocycles. The highest BCUT2D eigenvalue weighted by Crippen LogP contribution is 2.34. The van der Waals surface area contributed by atoms with E-state index < -0.39 is 0 Å². The number of aromatic nitrogens is 1. The molecule has 0 aliphatic carbocycles. The molecule has 144 valence electrons. The van der Waals surface area contributed by atoms with Crippen LogP contribution in [0.5, 0.6) is 11.5 Å². The standard InChI is InChI=1S/C23H23FNO2S/c1-26-20-11-8-17(22(14-20)27-2)13-18-5-3-4-12-25-21(15-28-23(18)25)16-6-9-19(24)10-7-16/h6-11,13-15H,3-5,12H2,1-2H3/q+1/b18-13+. The molecule has 0 amide bonds. The summed E-state index contributed by atoms with van der Waals surface area (Å²) in [6, 6.07) is 12.7. The third-order valence-corrected chi connectivity index (χ3v) is 6.13. The Balaban J connectivity index is 1.77. The molecule has 0 unspecified atom stereocenters. The molecule has 2 heterocycles. The highest BCUT2D eigenvalue weighted by molar-refractivity contribution is 7.10. The minimum absolute atomic E-state index is 0.206. The number of allylic oxidation sites excluding steroid dienone is 1. The zero-order chi connectivity index (χ0) is 19.5. The van der Waals surface area contributed by atoms with E-state index in [1.165, 1.54) is 22.7 Å². The van der Waals surface area contributed by atoms with E-state index in [0.717, 1.165) is 54.1 Å². The Hall–Kier alpha value is -2.66. The maximum Gasteiger partial charge on any atom is 0.265 e. The largest absolute Gasteiger partial charge is 0.497 e. The van der Waals surface area contributed by atoms with Gasteiger partial charge in [-0.3, -0.25) is 0 Å². The Morgan fingerprint density at radius 1 is 1.04 bits per heavy atom. The SMILES string of the molecule is COc1ccc(/C=C2\CCCC[n+]3c(-c4ccc(F)cc4)csc32)c(OC)c1. The molecule has 0 spiro atoms. The van der Waals surface area contributed by atoms with Gasteiger partial charge in [0.2, 0.25) is 5.69 Å². The fourth-order valence-corrected chi connectivity index (χ4v) is 4.73. The highest BCUT2D eigenvalue weighted by Gasteiger charge is 2.27. The van der Waals surface area contributed by atoms with Crippen molar-refractivity contribution >= 4 is 23.0 Å². The predicted octanol–water partition coefficient (Wildman–Crippen LogP) is 5.58. The van der Waals surface area contributed by atoms with E-state index in [2.05, 4.69) is 16.0 Å². The summed E-state index contributed by atoms with van der Waals surface area (Å²) in [5.41, 5.74) is 4.55. The summed E-state index contributed by atoms with van der Waals surface area (Å²) in [4.78, 5) is 0. The zero-order valence-corrected chi connectivity index (χ0v) is 16.9. The number of hydrogen-bond donors (Lipinski definition) is 0. The number of methoxy groups -OCH3 is 2. The topological polar surface area (TPSA) is 22.3 Å². The van der Waals surface area contributed by atoms with Crippen LogP contribution < -0.4 is 14.0 Å². The van der Waals surface area contributed by atoms with E-state index in [0.29, 0.717) is 0 Å². The normalized spacial score (nSPS) is 15.2. The molecule has 4 rings (SSSR count). The van der Waals surface area contributed by atoms with E-state index in [1.54, 1.807) is 25.6 Å². The molecule has 0 N–H and O–H groups in total. The fraction of sp³-hybridized carbons (Fsp3) is 0.261. The quantitative estimate of drug-likeness (QED) is 0.537. The van der Waals surface area contributed by atoms with Crippen LogP contribution >= 0.6 is 11.3 Å². The summed E-state index contributed by atoms with van der Waals surface area (Å²) < 4.78 is 26.6. The van der Waals surface area contributed by atoms with Crippen LogP contribution in [0.25, 0.3) is 22.9 Å². The van der Waals surface area contributed by atoms with Gasteiger partial charge in [0.05, 0.1) is 19.6 Å². The van der Waals surface area contributed by atoms with Crippen molar-refractivity contribution in [1.29, 1.82) is 0 Å². The number of benzene rings is 2. The molecule has 1 aromatic heterocycles. The van der Waals surface area contributed by atoms with Crippen LogP contribution in [0.1, 0.15) is 29.8 Å². The minimum Gasteiger partial charge on any atom is -0.497 e. The van der Waals surface area contributed by atoms with E-state index in [-0.39, 0.29) is 5.82 Å². The summed E-state index contributed by atoms with van der Waals surface area (Å²) in [6.07, 6.45) is 5.51. The number of fused-ring (bicyclic) bond motifs is 1. The van der Waals surface area contributed by atoms with Gasteiger partial charge in [0, 0.05) is 29.2 Å². The maximum absolute atomic E-state index is 13.3. The van der Waals surface area contributed by atoms with Crippen molar-refractivity contribution in [2.45, 2.75) is 25.8 Å². The van der Waals surface area contributed by atoms with Crippen molar-refractivity contribution in [2.75, 3.05) is 14.2 Å². The molecular weight excluding hydrogens is 373 g/mol. The number of hydrogen-bond acceptors (Lipinski definition) is 3. The molecule has 1 aliphatic rings. The van der Waals surface area contributed by atoms with Crippen LogP contribution in [-0.4, -0.2) is 14.2 Å². The maximum atomic E-state index is 13.3. The molecule has 0 radical (unpaired) electrons. The van der Waals surface area contributed by atoms with Gasteiger partial charge in [-0.1, -0.05) is 11.3 Å². The lowest BCUT2D eigenvalue weighted by atomic mass is 10.1. The van der Waals surface area contributed by atoms with Crippen LogP contribution in [0.2, 0.25) is 0 Å². The molecule has 0 bridgehead atoms. The summed E-state index contributed by atoms with van der Waals surface area (Å²) >= 11 is 1.75. The van der Waals surface area contributed by atoms with Gasteiger partial charge in [0.25, 0.3) is 5.01 Å². The van der Waals surface area contributed by atoms with E-state index >= 15 is 0 Å². The molecule has 1 aliphatic heterocycles. The lowest BCUT2D eigenvalue weighted by Gasteiger charge is -2.08. The Morgan fingerprint density at radius 2 is 1.86 bits per heavy atom. The lowest BCUT2D eigenvalue weighted by molar-refractivity contribution is -0.683. The van der Waals surface area contributed by atoms with Crippen molar-refractivity contribution in [3.8, 4) is 22.8 Å². The summed E-state index contributed by atoms with van der Waals surface area (Å²) in [5, 5.41) is 3.43. The van der Waals surface area contributed by atoms with Crippen LogP contribution in [0.3, 0.4) is 0 Å². The Labute approximate surface area is 168 Å². The predicted molar refractivity (Wildman–Crippen MR) is 111 cm³/mol. The number of halogens is 1. The second-order valence-corrected chi connectivity index (χ2v) is 7.68. The minimum atomic E-state index is -0.206. The first-order chi connectivity index (χ1) is 13.7. The van der Waals surface area contributed by atoms with Crippen LogP contribution in [0, 0.1) is 5.82 Å². The number of rotatable bonds is 4. The first-order valence-corrected chi connectivity index (χ1v) is 10.3. The molecule has 5 heteroatoms. The van der Waals surface area contributed by atoms with Gasteiger partial charge in [0.1, 0.15) is 17.3 Å². The molecule has 0 saturated carbocycles. The van der Waals surface area contributed by atoms with Crippen LogP contribution in [0.15, 0.2) is 47.8 Å². The van der Waals surface area contributed by atoms with Crippen molar-refractivity contribution in [3.63, 3.8) is 0 Å². The van der Waals surface area contributed by atoms with Crippen LogP contribution in [0.4, 0.5) is 4.39 Å². The average molecular weight is 397 g/mol. The monoisotopic (exact) mass is 396 g/mol. The van der Waals surface area contributed by atoms with Crippen LogP contribution in [-0.2, 0) is 6.54 Å². The molecule has 0 atom stereocenters. The van der Waals surface area contributed by atoms with E-state index in [1.807, 2.05) is 30.3 Å². The second-order valence-electron chi connectivity index (χ2n) is 6.82. The summed E-state index contributed by atoms with van der Waals surface area (Å²) in [5.74, 6) is 1.38. The molecule has 3 nitrogen and oxygen atoms in total. The van der Waals surface area contributed by atoms with Gasteiger partial charge in [-0.05, 0) is 55.3 Å². The van der Waals surface area contributed by atoms with E-state index in [4.69, 9.17) is 9.47 Å². The number of thiazole rings is 1. The molecule has 0 saturated heterocycles. The van der Waals surface area contributed by atoms with Gasteiger partial charge in [0.15, 0.2) is 6.54 Å². The van der Waals surface area contributed by atoms with Crippen molar-refractivity contribution in [3.05, 3.63) is 64.2 Å². The fourth-order valence-electron chi connectivity index (χ4n) is 3.62.